The molecule has 1 amide bonds. The largest absolute Gasteiger partial charge is 0.388 e. The number of rotatable bonds is 2. The Hall–Kier alpha value is -2.14. The van der Waals surface area contributed by atoms with Crippen molar-refractivity contribution in [3.8, 4) is 11.3 Å². The van der Waals surface area contributed by atoms with Crippen molar-refractivity contribution < 1.29 is 14.4 Å². The molecule has 0 saturated heterocycles. The number of carbonyl (C=O) groups is 1. The van der Waals surface area contributed by atoms with E-state index in [0.717, 1.165) is 16.8 Å². The van der Waals surface area contributed by atoms with Crippen LogP contribution in [0.2, 0.25) is 0 Å². The Morgan fingerprint density at radius 2 is 2.29 bits per heavy atom. The molecule has 17 heavy (non-hydrogen) atoms. The molecule has 0 bridgehead atoms. The Kier molecular flexibility index (Phi) is 2.19. The van der Waals surface area contributed by atoms with Gasteiger partial charge in [-0.3, -0.25) is 4.79 Å². The van der Waals surface area contributed by atoms with E-state index >= 15 is 0 Å². The monoisotopic (exact) mass is 230 g/mol. The summed E-state index contributed by atoms with van der Waals surface area (Å²) < 4.78 is 4.93. The van der Waals surface area contributed by atoms with Gasteiger partial charge in [-0.15, -0.1) is 0 Å². The van der Waals surface area contributed by atoms with Gasteiger partial charge in [-0.25, -0.2) is 0 Å². The summed E-state index contributed by atoms with van der Waals surface area (Å²) in [6, 6.07) is 7.31. The Morgan fingerprint density at radius 3 is 3.06 bits per heavy atom. The number of nitrogens with one attached hydrogen (secondary N) is 1. The van der Waals surface area contributed by atoms with Gasteiger partial charge in [0.1, 0.15) is 12.3 Å². The topological polar surface area (TPSA) is 75.4 Å². The second-order valence-corrected chi connectivity index (χ2v) is 3.93. The number of anilines is 1. The smallest absolute Gasteiger partial charge is 0.228 e. The van der Waals surface area contributed by atoms with Gasteiger partial charge in [0.05, 0.1) is 6.42 Å². The van der Waals surface area contributed by atoms with E-state index in [9.17, 15) is 4.79 Å². The van der Waals surface area contributed by atoms with Crippen molar-refractivity contribution in [3.05, 3.63) is 35.6 Å². The lowest BCUT2D eigenvalue weighted by atomic mass is 10.1. The molecular formula is C12H10N2O3. The third kappa shape index (κ3) is 1.70. The molecule has 2 aromatic rings. The van der Waals surface area contributed by atoms with Gasteiger partial charge in [0, 0.05) is 17.3 Å². The van der Waals surface area contributed by atoms with Crippen molar-refractivity contribution >= 4 is 11.6 Å². The second-order valence-electron chi connectivity index (χ2n) is 3.93. The van der Waals surface area contributed by atoms with Gasteiger partial charge in [-0.2, -0.15) is 0 Å². The van der Waals surface area contributed by atoms with Gasteiger partial charge in [-0.1, -0.05) is 11.2 Å². The molecule has 0 atom stereocenters. The molecule has 3 rings (SSSR count). The number of nitrogens with zero attached hydrogens (tertiary/aromatic N) is 1. The summed E-state index contributed by atoms with van der Waals surface area (Å²) in [7, 11) is 0. The second kappa shape index (κ2) is 3.71. The number of hydrogen-bond donors (Lipinski definition) is 2. The lowest BCUT2D eigenvalue weighted by Crippen LogP contribution is -2.03. The first-order chi connectivity index (χ1) is 8.26. The van der Waals surface area contributed by atoms with E-state index in [-0.39, 0.29) is 12.5 Å². The molecular weight excluding hydrogens is 220 g/mol. The fourth-order valence-electron chi connectivity index (χ4n) is 1.91. The summed E-state index contributed by atoms with van der Waals surface area (Å²) >= 11 is 0. The summed E-state index contributed by atoms with van der Waals surface area (Å²) in [5.74, 6) is 0.433. The summed E-state index contributed by atoms with van der Waals surface area (Å²) in [5, 5.41) is 15.5. The van der Waals surface area contributed by atoms with Crippen LogP contribution < -0.4 is 5.32 Å². The molecule has 86 valence electrons. The van der Waals surface area contributed by atoms with E-state index in [1.807, 2.05) is 18.2 Å². The van der Waals surface area contributed by atoms with Gasteiger partial charge < -0.3 is 14.9 Å². The minimum Gasteiger partial charge on any atom is -0.388 e. The summed E-state index contributed by atoms with van der Waals surface area (Å²) in [6.07, 6.45) is 0.397. The van der Waals surface area contributed by atoms with Crippen molar-refractivity contribution in [2.24, 2.45) is 0 Å². The maximum absolute atomic E-state index is 11.2. The van der Waals surface area contributed by atoms with Crippen LogP contribution in [0.25, 0.3) is 11.3 Å². The molecule has 0 radical (unpaired) electrons. The van der Waals surface area contributed by atoms with Gasteiger partial charge in [0.25, 0.3) is 0 Å². The number of aromatic nitrogens is 1. The maximum atomic E-state index is 11.2. The highest BCUT2D eigenvalue weighted by Crippen LogP contribution is 2.28. The van der Waals surface area contributed by atoms with E-state index in [1.165, 1.54) is 0 Å². The van der Waals surface area contributed by atoms with E-state index in [0.29, 0.717) is 17.9 Å². The molecule has 1 aliphatic rings. The van der Waals surface area contributed by atoms with Gasteiger partial charge >= 0.3 is 0 Å². The average molecular weight is 230 g/mol. The quantitative estimate of drug-likeness (QED) is 0.816. The van der Waals surface area contributed by atoms with E-state index in [2.05, 4.69) is 10.5 Å². The highest BCUT2D eigenvalue weighted by molar-refractivity contribution is 5.99. The number of amides is 1. The van der Waals surface area contributed by atoms with Crippen molar-refractivity contribution in [2.75, 3.05) is 5.32 Å². The zero-order valence-electron chi connectivity index (χ0n) is 8.93. The predicted molar refractivity (Wildman–Crippen MR) is 60.2 cm³/mol. The Balaban J connectivity index is 1.99. The fraction of sp³-hybridized carbons (Fsp3) is 0.167. The maximum Gasteiger partial charge on any atom is 0.228 e. The first kappa shape index (κ1) is 10.0. The number of aliphatic hydroxyl groups is 1. The average Bonchev–Trinajstić information content (AvgIpc) is 2.92. The van der Waals surface area contributed by atoms with Crippen LogP contribution in [0.15, 0.2) is 28.8 Å². The van der Waals surface area contributed by atoms with Crippen LogP contribution in [0.1, 0.15) is 11.3 Å². The van der Waals surface area contributed by atoms with E-state index < -0.39 is 0 Å². The number of aliphatic hydroxyl groups excluding tert-OH is 1. The zero-order chi connectivity index (χ0) is 11.8. The van der Waals surface area contributed by atoms with E-state index in [1.54, 1.807) is 6.07 Å². The highest BCUT2D eigenvalue weighted by Gasteiger charge is 2.18. The summed E-state index contributed by atoms with van der Waals surface area (Å²) in [5.41, 5.74) is 3.35. The van der Waals surface area contributed by atoms with Crippen LogP contribution in [0.3, 0.4) is 0 Å². The molecule has 2 heterocycles. The van der Waals surface area contributed by atoms with Crippen LogP contribution in [-0.4, -0.2) is 16.2 Å². The van der Waals surface area contributed by atoms with E-state index in [4.69, 9.17) is 9.63 Å². The zero-order valence-corrected chi connectivity index (χ0v) is 8.93. The van der Waals surface area contributed by atoms with Crippen LogP contribution in [0.5, 0.6) is 0 Å². The predicted octanol–water partition coefficient (Wildman–Crippen LogP) is 1.33. The molecule has 1 aliphatic heterocycles. The molecule has 1 aromatic carbocycles. The molecule has 0 aliphatic carbocycles. The third-order valence-corrected chi connectivity index (χ3v) is 2.74. The molecule has 5 heteroatoms. The van der Waals surface area contributed by atoms with Gasteiger partial charge in [0.2, 0.25) is 5.91 Å². The van der Waals surface area contributed by atoms with Gasteiger partial charge in [0.15, 0.2) is 5.76 Å². The molecule has 1 aromatic heterocycles. The first-order valence-electron chi connectivity index (χ1n) is 5.26. The van der Waals surface area contributed by atoms with Crippen molar-refractivity contribution in [2.45, 2.75) is 13.0 Å². The normalized spacial score (nSPS) is 13.6. The highest BCUT2D eigenvalue weighted by atomic mass is 16.5. The number of benzene rings is 1. The van der Waals surface area contributed by atoms with Crippen molar-refractivity contribution in [3.63, 3.8) is 0 Å². The Labute approximate surface area is 97.0 Å². The lowest BCUT2D eigenvalue weighted by Gasteiger charge is -2.00. The van der Waals surface area contributed by atoms with Crippen LogP contribution in [-0.2, 0) is 17.8 Å². The Morgan fingerprint density at radius 1 is 1.41 bits per heavy atom. The SMILES string of the molecule is O=C1Cc2cc(-c3cc(CO)on3)ccc2N1. The first-order valence-corrected chi connectivity index (χ1v) is 5.26. The standard InChI is InChI=1S/C12H10N2O3/c15-6-9-5-11(14-17-9)7-1-2-10-8(3-7)4-12(16)13-10/h1-3,5,15H,4,6H2,(H,13,16). The van der Waals surface area contributed by atoms with Crippen LogP contribution >= 0.6 is 0 Å². The minimum atomic E-state index is -0.169. The summed E-state index contributed by atoms with van der Waals surface area (Å²) in [4.78, 5) is 11.2. The number of carbonyl (C=O) groups excluding carboxylic acids is 1. The third-order valence-electron chi connectivity index (χ3n) is 2.74. The molecule has 0 saturated carbocycles. The van der Waals surface area contributed by atoms with Crippen LogP contribution in [0.4, 0.5) is 5.69 Å². The van der Waals surface area contributed by atoms with Crippen molar-refractivity contribution in [1.82, 2.24) is 5.16 Å². The van der Waals surface area contributed by atoms with Gasteiger partial charge in [-0.05, 0) is 17.7 Å². The number of fused-ring (bicyclic) bond motifs is 1. The molecule has 2 N–H and O–H groups in total. The molecule has 0 unspecified atom stereocenters. The molecule has 0 fully saturated rings. The van der Waals surface area contributed by atoms with Crippen LogP contribution in [0, 0.1) is 0 Å². The van der Waals surface area contributed by atoms with Crippen molar-refractivity contribution in [1.29, 1.82) is 0 Å². The minimum absolute atomic E-state index is 0.00773. The fourth-order valence-corrected chi connectivity index (χ4v) is 1.91. The number of hydrogen-bond acceptors (Lipinski definition) is 4. The molecule has 0 spiro atoms. The lowest BCUT2D eigenvalue weighted by molar-refractivity contribution is -0.115. The summed E-state index contributed by atoms with van der Waals surface area (Å²) in [6.45, 7) is -0.169. The molecule has 5 nitrogen and oxygen atoms in total. The Bertz CT molecular complexity index is 589.